The molecule has 1 N–H and O–H groups in total. The van der Waals surface area contributed by atoms with Gasteiger partial charge in [-0.05, 0) is 0 Å². The molecule has 0 rings (SSSR count). The van der Waals surface area contributed by atoms with Crippen LogP contribution >= 0.6 is 0 Å². The molecule has 0 saturated heterocycles. The van der Waals surface area contributed by atoms with Gasteiger partial charge in [0, 0.05) is 6.92 Å². The largest absolute Gasteiger partial charge is 0.316 e. The molecule has 0 atom stereocenters. The Kier molecular flexibility index (Phi) is 31.0. The molecule has 52 valence electrons. The number of rotatable bonds is 0. The van der Waals surface area contributed by atoms with Crippen molar-refractivity contribution in [3.63, 3.8) is 0 Å². The average molecular weight is 183 g/mol. The first-order chi connectivity index (χ1) is 3.15. The Morgan fingerprint density at radius 1 is 1.62 bits per heavy atom. The summed E-state index contributed by atoms with van der Waals surface area (Å²) in [5, 5.41) is 7.42. The SMILES string of the molecule is CC(=O)O.[F][Ni][F].[MgH2]. The predicted molar refractivity (Wildman–Crippen MR) is 24.1 cm³/mol. The van der Waals surface area contributed by atoms with Gasteiger partial charge >= 0.3 is 45.6 Å². The molecule has 8 heavy (non-hydrogen) atoms. The second-order valence-electron chi connectivity index (χ2n) is 0.564. The van der Waals surface area contributed by atoms with Crippen LogP contribution in [0.25, 0.3) is 0 Å². The van der Waals surface area contributed by atoms with Gasteiger partial charge in [-0.2, -0.15) is 0 Å². The Morgan fingerprint density at radius 2 is 1.62 bits per heavy atom. The van der Waals surface area contributed by atoms with Gasteiger partial charge in [0.25, 0.3) is 5.97 Å². The van der Waals surface area contributed by atoms with E-state index in [-0.39, 0.29) is 23.1 Å². The van der Waals surface area contributed by atoms with Gasteiger partial charge in [-0.3, -0.25) is 4.79 Å². The van der Waals surface area contributed by atoms with E-state index in [9.17, 15) is 7.21 Å². The van der Waals surface area contributed by atoms with Crippen LogP contribution in [-0.4, -0.2) is 34.1 Å². The number of hydrogen-bond acceptors (Lipinski definition) is 1. The topological polar surface area (TPSA) is 37.3 Å². The third-order valence-corrected chi connectivity index (χ3v) is 0. The van der Waals surface area contributed by atoms with Gasteiger partial charge < -0.3 is 5.11 Å². The molecule has 0 aromatic rings. The van der Waals surface area contributed by atoms with Crippen LogP contribution in [0.3, 0.4) is 0 Å². The van der Waals surface area contributed by atoms with Gasteiger partial charge in [0.2, 0.25) is 0 Å². The van der Waals surface area contributed by atoms with Crippen molar-refractivity contribution in [3.8, 4) is 0 Å². The Bertz CT molecular complexity index is 49.3. The van der Waals surface area contributed by atoms with E-state index in [1.165, 1.54) is 0 Å². The van der Waals surface area contributed by atoms with Crippen molar-refractivity contribution in [1.82, 2.24) is 0 Å². The van der Waals surface area contributed by atoms with Crippen LogP contribution in [0.5, 0.6) is 0 Å². The third-order valence-electron chi connectivity index (χ3n) is 0. The molecule has 0 fully saturated rings. The Hall–Kier alpha value is 0.590. The van der Waals surface area contributed by atoms with E-state index in [1.54, 1.807) is 0 Å². The molecular weight excluding hydrogens is 177 g/mol. The minimum Gasteiger partial charge on any atom is 0.316 e. The van der Waals surface area contributed by atoms with E-state index in [0.717, 1.165) is 6.92 Å². The number of aliphatic carboxylic acids is 1. The van der Waals surface area contributed by atoms with Crippen LogP contribution in [0, 0.1) is 0 Å². The van der Waals surface area contributed by atoms with Crippen molar-refractivity contribution in [3.05, 3.63) is 0 Å². The Labute approximate surface area is 68.5 Å². The summed E-state index contributed by atoms with van der Waals surface area (Å²) in [6.45, 7) is 1.08. The molecule has 0 heterocycles. The van der Waals surface area contributed by atoms with Crippen LogP contribution < -0.4 is 0 Å². The van der Waals surface area contributed by atoms with E-state index in [4.69, 9.17) is 9.90 Å². The normalized spacial score (nSPS) is 5.88. The van der Waals surface area contributed by atoms with Crippen LogP contribution in [0.15, 0.2) is 0 Å². The maximum Gasteiger partial charge on any atom is 0.316 e. The van der Waals surface area contributed by atoms with Gasteiger partial charge in [-0.25, -0.2) is 0 Å². The summed E-state index contributed by atoms with van der Waals surface area (Å²) in [7, 11) is 0. The monoisotopic (exact) mass is 182 g/mol. The van der Waals surface area contributed by atoms with E-state index in [0.29, 0.717) is 0 Å². The van der Waals surface area contributed by atoms with E-state index in [2.05, 4.69) is 0 Å². The minimum atomic E-state index is -1.38. The molecule has 0 aliphatic rings. The summed E-state index contributed by atoms with van der Waals surface area (Å²) in [6.07, 6.45) is 0. The minimum absolute atomic E-state index is 0. The van der Waals surface area contributed by atoms with Crippen LogP contribution in [0.4, 0.5) is 7.21 Å². The van der Waals surface area contributed by atoms with Crippen molar-refractivity contribution in [2.45, 2.75) is 6.92 Å². The first kappa shape index (κ1) is 15.8. The van der Waals surface area contributed by atoms with Crippen LogP contribution in [0.1, 0.15) is 6.92 Å². The van der Waals surface area contributed by atoms with E-state index < -0.39 is 21.3 Å². The summed E-state index contributed by atoms with van der Waals surface area (Å²) in [5.41, 5.74) is 0. The summed E-state index contributed by atoms with van der Waals surface area (Å²) in [5.74, 6) is -0.833. The Morgan fingerprint density at radius 3 is 1.62 bits per heavy atom. The molecule has 0 saturated carbocycles. The fraction of sp³-hybridized carbons (Fsp3) is 0.500. The zero-order chi connectivity index (χ0) is 6.28. The molecule has 0 unspecified atom stereocenters. The van der Waals surface area contributed by atoms with Gasteiger partial charge in [0.15, 0.2) is 0 Å². The Balaban J connectivity index is -0.0000000575. The number of carboxylic acid groups (broad SMARTS) is 1. The van der Waals surface area contributed by atoms with Gasteiger partial charge in [-0.1, -0.05) is 0 Å². The summed E-state index contributed by atoms with van der Waals surface area (Å²) in [6, 6.07) is 0. The third kappa shape index (κ3) is 592. The maximum atomic E-state index is 9.56. The van der Waals surface area contributed by atoms with Crippen molar-refractivity contribution in [2.75, 3.05) is 0 Å². The zero-order valence-electron chi connectivity index (χ0n) is 3.43. The average Bonchev–Trinajstić information content (AvgIpc) is 1.33. The molecule has 0 amide bonds. The molecule has 0 aromatic carbocycles. The molecule has 0 aromatic heterocycles. The van der Waals surface area contributed by atoms with E-state index in [1.807, 2.05) is 0 Å². The number of halogens is 2. The van der Waals surface area contributed by atoms with Crippen LogP contribution in [-0.2, 0) is 20.1 Å². The van der Waals surface area contributed by atoms with E-state index >= 15 is 0 Å². The quantitative estimate of drug-likeness (QED) is 0.537. The zero-order valence-corrected chi connectivity index (χ0v) is 4.42. The second kappa shape index (κ2) is 15.6. The fourth-order valence-electron chi connectivity index (χ4n) is 0. The predicted octanol–water partition coefficient (Wildman–Crippen LogP) is 0.0126. The summed E-state index contributed by atoms with van der Waals surface area (Å²) >= 11 is -1.38. The number of carboxylic acids is 1. The van der Waals surface area contributed by atoms with Crippen LogP contribution in [0.2, 0.25) is 0 Å². The summed E-state index contributed by atoms with van der Waals surface area (Å²) < 4.78 is 19.1. The molecule has 0 aliphatic carbocycles. The first-order valence-corrected chi connectivity index (χ1v) is 1.91. The smallest absolute Gasteiger partial charge is 0.316 e. The number of hydrogen-bond donors (Lipinski definition) is 1. The standard InChI is InChI=1S/C2H4O2.2FH.Mg.Ni.2H/c1-2(3)4;;;;;;/h1H3,(H,3,4);2*1H;;;;/q;;;;+2;;/p-2. The van der Waals surface area contributed by atoms with Crippen molar-refractivity contribution < 1.29 is 32.4 Å². The molecule has 0 bridgehead atoms. The first-order valence-electron chi connectivity index (χ1n) is 1.17. The van der Waals surface area contributed by atoms with Crippen molar-refractivity contribution in [1.29, 1.82) is 0 Å². The van der Waals surface area contributed by atoms with Gasteiger partial charge in [-0.15, -0.1) is 0 Å². The summed E-state index contributed by atoms with van der Waals surface area (Å²) in [4.78, 5) is 9.00. The van der Waals surface area contributed by atoms with Gasteiger partial charge in [0.05, 0.1) is 0 Å². The fourth-order valence-corrected chi connectivity index (χ4v) is 0. The molecule has 0 radical (unpaired) electrons. The van der Waals surface area contributed by atoms with Crippen molar-refractivity contribution in [2.24, 2.45) is 0 Å². The number of carbonyl (C=O) groups is 1. The molecular formula is C2H6F2MgNiO2. The maximum absolute atomic E-state index is 9.56. The molecule has 0 aliphatic heterocycles. The molecule has 6 heteroatoms. The van der Waals surface area contributed by atoms with Crippen molar-refractivity contribution >= 4 is 29.0 Å². The van der Waals surface area contributed by atoms with Gasteiger partial charge in [0.1, 0.15) is 0 Å². The molecule has 0 spiro atoms. The molecule has 2 nitrogen and oxygen atoms in total. The second-order valence-corrected chi connectivity index (χ2v) is 0.705.